The number of amides is 1. The lowest BCUT2D eigenvalue weighted by atomic mass is 9.76. The van der Waals surface area contributed by atoms with Crippen LogP contribution in [0.4, 0.5) is 0 Å². The van der Waals surface area contributed by atoms with E-state index in [0.29, 0.717) is 19.0 Å². The van der Waals surface area contributed by atoms with Crippen LogP contribution in [-0.2, 0) is 10.8 Å². The number of hydrogen-bond acceptors (Lipinski definition) is 5. The zero-order chi connectivity index (χ0) is 25.4. The third-order valence-corrected chi connectivity index (χ3v) is 7.04. The normalized spacial score (nSPS) is 13.1. The quantitative estimate of drug-likeness (QED) is 0.309. The lowest BCUT2D eigenvalue weighted by Crippen LogP contribution is -2.25. The van der Waals surface area contributed by atoms with Gasteiger partial charge in [0.15, 0.2) is 5.69 Å². The maximum atomic E-state index is 12.3. The second-order valence-electron chi connectivity index (χ2n) is 10.5. The smallest absolute Gasteiger partial charge is 0.273 e. The van der Waals surface area contributed by atoms with Gasteiger partial charge in [0.25, 0.3) is 5.91 Å². The molecule has 0 aliphatic carbocycles. The molecule has 0 aliphatic heterocycles. The Morgan fingerprint density at radius 3 is 2.47 bits per heavy atom. The lowest BCUT2D eigenvalue weighted by Gasteiger charge is -2.30. The van der Waals surface area contributed by atoms with Gasteiger partial charge in [0.2, 0.25) is 5.89 Å². The maximum absolute atomic E-state index is 12.3. The minimum Gasteiger partial charge on any atom is -0.493 e. The summed E-state index contributed by atoms with van der Waals surface area (Å²) in [5.41, 5.74) is 9.08. The first kappa shape index (κ1) is 27.9. The Bertz CT molecular complexity index is 917. The maximum Gasteiger partial charge on any atom is 0.273 e. The monoisotopic (exact) mass is 471 g/mol. The molecule has 0 bridgehead atoms. The van der Waals surface area contributed by atoms with Crippen molar-refractivity contribution < 1.29 is 13.9 Å². The molecule has 1 aromatic heterocycles. The van der Waals surface area contributed by atoms with E-state index < -0.39 is 0 Å². The van der Waals surface area contributed by atoms with Gasteiger partial charge in [0.1, 0.15) is 12.0 Å². The molecule has 1 unspecified atom stereocenters. The number of unbranched alkanes of at least 4 members (excludes halogenated alkanes) is 1. The average Bonchev–Trinajstić information content (AvgIpc) is 3.32. The van der Waals surface area contributed by atoms with Crippen molar-refractivity contribution >= 4 is 5.91 Å². The van der Waals surface area contributed by atoms with Crippen LogP contribution in [0.1, 0.15) is 121 Å². The van der Waals surface area contributed by atoms with Crippen molar-refractivity contribution in [1.82, 2.24) is 10.3 Å². The molecule has 0 spiro atoms. The zero-order valence-electron chi connectivity index (χ0n) is 22.3. The highest BCUT2D eigenvalue weighted by molar-refractivity contribution is 5.91. The van der Waals surface area contributed by atoms with E-state index in [1.165, 1.54) is 17.4 Å². The Hall–Kier alpha value is -2.34. The van der Waals surface area contributed by atoms with E-state index in [0.717, 1.165) is 44.3 Å². The Labute approximate surface area is 206 Å². The minimum absolute atomic E-state index is 0.0409. The van der Waals surface area contributed by atoms with Crippen molar-refractivity contribution in [3.63, 3.8) is 0 Å². The molecule has 0 saturated carbocycles. The third-order valence-electron chi connectivity index (χ3n) is 7.04. The van der Waals surface area contributed by atoms with Crippen LogP contribution >= 0.6 is 0 Å². The molecule has 0 radical (unpaired) electrons. The van der Waals surface area contributed by atoms with Crippen molar-refractivity contribution in [2.24, 2.45) is 5.73 Å². The molecular weight excluding hydrogens is 426 g/mol. The molecule has 3 N–H and O–H groups in total. The Morgan fingerprint density at radius 2 is 1.82 bits per heavy atom. The standard InChI is InChI=1S/C28H45N3O3/c1-8-13-22(29)26-31-23(19-34-26)25(32)30-16-11-12-17-33-24-15-14-20(27(4,5)9-2)18-21(24)28(6,7)10-3/h14-15,18-19,22H,8-13,16-17,29H2,1-7H3,(H,30,32). The lowest BCUT2D eigenvalue weighted by molar-refractivity contribution is 0.0947. The fraction of sp³-hybridized carbons (Fsp3) is 0.643. The summed E-state index contributed by atoms with van der Waals surface area (Å²) in [6, 6.07) is 6.40. The van der Waals surface area contributed by atoms with Gasteiger partial charge in [-0.25, -0.2) is 4.98 Å². The highest BCUT2D eigenvalue weighted by Gasteiger charge is 2.26. The van der Waals surface area contributed by atoms with Gasteiger partial charge in [-0.15, -0.1) is 0 Å². The van der Waals surface area contributed by atoms with Crippen molar-refractivity contribution in [1.29, 1.82) is 0 Å². The number of rotatable bonds is 14. The summed E-state index contributed by atoms with van der Waals surface area (Å²) in [7, 11) is 0. The van der Waals surface area contributed by atoms with E-state index in [9.17, 15) is 4.79 Å². The number of oxazole rings is 1. The zero-order valence-corrected chi connectivity index (χ0v) is 22.3. The third kappa shape index (κ3) is 7.33. The summed E-state index contributed by atoms with van der Waals surface area (Å²) < 4.78 is 11.6. The molecule has 0 fully saturated rings. The van der Waals surface area contributed by atoms with Crippen LogP contribution in [0.25, 0.3) is 0 Å². The number of benzene rings is 1. The predicted molar refractivity (Wildman–Crippen MR) is 138 cm³/mol. The minimum atomic E-state index is -0.270. The second kappa shape index (κ2) is 12.4. The van der Waals surface area contributed by atoms with Gasteiger partial charge in [0, 0.05) is 12.1 Å². The molecule has 2 rings (SSSR count). The first-order valence-corrected chi connectivity index (χ1v) is 12.8. The highest BCUT2D eigenvalue weighted by Crippen LogP contribution is 2.38. The van der Waals surface area contributed by atoms with Crippen molar-refractivity contribution in [2.75, 3.05) is 13.2 Å². The van der Waals surface area contributed by atoms with Gasteiger partial charge in [-0.3, -0.25) is 4.79 Å². The van der Waals surface area contributed by atoms with Crippen LogP contribution in [0.3, 0.4) is 0 Å². The predicted octanol–water partition coefficient (Wildman–Crippen LogP) is 6.44. The molecule has 0 saturated heterocycles. The molecule has 2 aromatic rings. The summed E-state index contributed by atoms with van der Waals surface area (Å²) in [4.78, 5) is 16.5. The van der Waals surface area contributed by atoms with Crippen LogP contribution < -0.4 is 15.8 Å². The molecule has 6 heteroatoms. The van der Waals surface area contributed by atoms with E-state index in [1.54, 1.807) is 0 Å². The van der Waals surface area contributed by atoms with Gasteiger partial charge >= 0.3 is 0 Å². The van der Waals surface area contributed by atoms with E-state index in [2.05, 4.69) is 70.0 Å². The molecule has 6 nitrogen and oxygen atoms in total. The summed E-state index contributed by atoms with van der Waals surface area (Å²) in [5, 5.41) is 2.90. The highest BCUT2D eigenvalue weighted by atomic mass is 16.5. The van der Waals surface area contributed by atoms with Crippen LogP contribution in [-0.4, -0.2) is 24.0 Å². The van der Waals surface area contributed by atoms with E-state index in [1.807, 2.05) is 6.92 Å². The summed E-state index contributed by atoms with van der Waals surface area (Å²) in [5.74, 6) is 1.14. The summed E-state index contributed by atoms with van der Waals surface area (Å²) >= 11 is 0. The average molecular weight is 472 g/mol. The number of nitrogens with two attached hydrogens (primary N) is 1. The largest absolute Gasteiger partial charge is 0.493 e. The second-order valence-corrected chi connectivity index (χ2v) is 10.5. The molecule has 190 valence electrons. The van der Waals surface area contributed by atoms with Crippen LogP contribution in [0.15, 0.2) is 28.9 Å². The van der Waals surface area contributed by atoms with Gasteiger partial charge in [-0.05, 0) is 54.6 Å². The van der Waals surface area contributed by atoms with Gasteiger partial charge in [-0.1, -0.05) is 67.0 Å². The van der Waals surface area contributed by atoms with Gasteiger partial charge < -0.3 is 20.2 Å². The van der Waals surface area contributed by atoms with Gasteiger partial charge in [0.05, 0.1) is 12.6 Å². The van der Waals surface area contributed by atoms with E-state index in [4.69, 9.17) is 14.9 Å². The fourth-order valence-electron chi connectivity index (χ4n) is 3.70. The number of nitrogens with zero attached hydrogens (tertiary/aromatic N) is 1. The van der Waals surface area contributed by atoms with Crippen LogP contribution in [0.5, 0.6) is 5.75 Å². The van der Waals surface area contributed by atoms with Crippen molar-refractivity contribution in [3.05, 3.63) is 47.2 Å². The number of carbonyl (C=O) groups is 1. The molecule has 1 atom stereocenters. The number of nitrogens with one attached hydrogen (secondary N) is 1. The SMILES string of the molecule is CCCC(N)c1nc(C(=O)NCCCCOc2ccc(C(C)(C)CC)cc2C(C)(C)CC)co1. The summed E-state index contributed by atoms with van der Waals surface area (Å²) in [6.07, 6.45) is 6.89. The molecular formula is C28H45N3O3. The van der Waals surface area contributed by atoms with Crippen molar-refractivity contribution in [3.8, 4) is 5.75 Å². The molecule has 1 aromatic carbocycles. The van der Waals surface area contributed by atoms with Crippen molar-refractivity contribution in [2.45, 2.75) is 104 Å². The number of carbonyl (C=O) groups excluding carboxylic acids is 1. The summed E-state index contributed by atoms with van der Waals surface area (Å²) in [6.45, 7) is 16.8. The first-order chi connectivity index (χ1) is 16.1. The molecule has 1 heterocycles. The Balaban J connectivity index is 1.87. The van der Waals surface area contributed by atoms with Gasteiger partial charge in [-0.2, -0.15) is 0 Å². The molecule has 1 amide bonds. The topological polar surface area (TPSA) is 90.4 Å². The molecule has 34 heavy (non-hydrogen) atoms. The molecule has 0 aliphatic rings. The van der Waals surface area contributed by atoms with Crippen LogP contribution in [0.2, 0.25) is 0 Å². The van der Waals surface area contributed by atoms with Crippen LogP contribution in [0, 0.1) is 0 Å². The number of hydrogen-bond donors (Lipinski definition) is 2. The fourth-order valence-corrected chi connectivity index (χ4v) is 3.70. The first-order valence-electron chi connectivity index (χ1n) is 12.8. The van der Waals surface area contributed by atoms with E-state index >= 15 is 0 Å². The number of ether oxygens (including phenoxy) is 1. The number of aromatic nitrogens is 1. The Kier molecular flexibility index (Phi) is 10.2. The Morgan fingerprint density at radius 1 is 1.12 bits per heavy atom. The van der Waals surface area contributed by atoms with E-state index in [-0.39, 0.29) is 28.5 Å².